The predicted molar refractivity (Wildman–Crippen MR) is 62.1 cm³/mol. The van der Waals surface area contributed by atoms with Crippen molar-refractivity contribution in [3.8, 4) is 5.88 Å². The molecule has 0 spiro atoms. The molecule has 0 aliphatic heterocycles. The molecule has 1 rings (SSSR count). The molecular formula is C11H13F6N3O. The van der Waals surface area contributed by atoms with Crippen LogP contribution in [0.1, 0.15) is 19.2 Å². The molecular weight excluding hydrogens is 304 g/mol. The molecule has 1 aromatic rings. The first-order chi connectivity index (χ1) is 9.54. The van der Waals surface area contributed by atoms with Crippen LogP contribution in [0.15, 0.2) is 6.07 Å². The summed E-state index contributed by atoms with van der Waals surface area (Å²) in [5.74, 6) is -0.697. The number of nitrogens with zero attached hydrogens (tertiary/aromatic N) is 2. The van der Waals surface area contributed by atoms with Crippen LogP contribution >= 0.6 is 0 Å². The van der Waals surface area contributed by atoms with Gasteiger partial charge < -0.3 is 10.1 Å². The van der Waals surface area contributed by atoms with Crippen molar-refractivity contribution in [1.29, 1.82) is 0 Å². The molecule has 0 saturated heterocycles. The van der Waals surface area contributed by atoms with Gasteiger partial charge in [0, 0.05) is 12.6 Å². The third kappa shape index (κ3) is 5.27. The molecule has 120 valence electrons. The van der Waals surface area contributed by atoms with Crippen molar-refractivity contribution in [3.05, 3.63) is 11.9 Å². The molecule has 0 bridgehead atoms. The molecule has 0 saturated carbocycles. The molecule has 0 atom stereocenters. The monoisotopic (exact) mass is 317 g/mol. The molecule has 4 nitrogen and oxygen atoms in total. The van der Waals surface area contributed by atoms with E-state index < -0.39 is 24.3 Å². The molecule has 0 radical (unpaired) electrons. The van der Waals surface area contributed by atoms with Gasteiger partial charge in [0.15, 0.2) is 0 Å². The van der Waals surface area contributed by atoms with Crippen LogP contribution in [0.2, 0.25) is 0 Å². The van der Waals surface area contributed by atoms with Crippen molar-refractivity contribution in [1.82, 2.24) is 9.97 Å². The van der Waals surface area contributed by atoms with Gasteiger partial charge in [-0.3, -0.25) is 0 Å². The largest absolute Gasteiger partial charge is 0.455 e. The van der Waals surface area contributed by atoms with Crippen LogP contribution in [0.5, 0.6) is 5.88 Å². The van der Waals surface area contributed by atoms with E-state index in [4.69, 9.17) is 0 Å². The van der Waals surface area contributed by atoms with Gasteiger partial charge in [-0.1, -0.05) is 6.92 Å². The first-order valence-electron chi connectivity index (χ1n) is 5.93. The lowest BCUT2D eigenvalue weighted by molar-refractivity contribution is -0.300. The van der Waals surface area contributed by atoms with Gasteiger partial charge in [-0.2, -0.15) is 31.3 Å². The maximum atomic E-state index is 12.4. The smallest absolute Gasteiger partial charge is 0.434 e. The van der Waals surface area contributed by atoms with E-state index in [-0.39, 0.29) is 11.6 Å². The van der Waals surface area contributed by atoms with Crippen LogP contribution in [0, 0.1) is 6.92 Å². The second-order valence-electron chi connectivity index (χ2n) is 4.15. The van der Waals surface area contributed by atoms with Gasteiger partial charge in [0.05, 0.1) is 0 Å². The van der Waals surface area contributed by atoms with Crippen LogP contribution in [0.25, 0.3) is 0 Å². The molecule has 0 aromatic carbocycles. The third-order valence-corrected chi connectivity index (χ3v) is 2.20. The van der Waals surface area contributed by atoms with Crippen molar-refractivity contribution >= 4 is 5.82 Å². The second kappa shape index (κ2) is 6.35. The minimum absolute atomic E-state index is 0.00537. The molecule has 0 aliphatic rings. The lowest BCUT2D eigenvalue weighted by Gasteiger charge is -2.23. The number of rotatable bonds is 5. The lowest BCUT2D eigenvalue weighted by atomic mass is 10.3. The van der Waals surface area contributed by atoms with Crippen molar-refractivity contribution < 1.29 is 31.1 Å². The summed E-state index contributed by atoms with van der Waals surface area (Å²) < 4.78 is 78.4. The Labute approximate surface area is 116 Å². The Morgan fingerprint density at radius 1 is 1.14 bits per heavy atom. The van der Waals surface area contributed by atoms with Gasteiger partial charge in [-0.25, -0.2) is 4.98 Å². The Morgan fingerprint density at radius 3 is 2.19 bits per heavy atom. The van der Waals surface area contributed by atoms with Crippen molar-refractivity contribution in [2.75, 3.05) is 11.9 Å². The molecule has 0 aliphatic carbocycles. The van der Waals surface area contributed by atoms with Gasteiger partial charge in [-0.05, 0) is 13.3 Å². The van der Waals surface area contributed by atoms with Crippen molar-refractivity contribution in [2.45, 2.75) is 38.7 Å². The molecule has 0 unspecified atom stereocenters. The zero-order valence-electron chi connectivity index (χ0n) is 11.1. The van der Waals surface area contributed by atoms with E-state index in [0.717, 1.165) is 6.07 Å². The van der Waals surface area contributed by atoms with E-state index in [1.54, 1.807) is 0 Å². The molecule has 0 fully saturated rings. The number of ether oxygens (including phenoxy) is 1. The molecule has 10 heteroatoms. The van der Waals surface area contributed by atoms with E-state index in [9.17, 15) is 26.3 Å². The number of halogens is 6. The molecule has 1 N–H and O–H groups in total. The number of aromatic nitrogens is 2. The fraction of sp³-hybridized carbons (Fsp3) is 0.636. The lowest BCUT2D eigenvalue weighted by Crippen LogP contribution is -2.46. The molecule has 1 heterocycles. The normalized spacial score (nSPS) is 12.6. The van der Waals surface area contributed by atoms with E-state index in [2.05, 4.69) is 20.0 Å². The van der Waals surface area contributed by atoms with E-state index in [0.29, 0.717) is 13.0 Å². The standard InChI is InChI=1S/C11H13F6N3O/c1-3-4-18-7-5-8(20-6(2)19-7)21-9(10(12,13)14)11(15,16)17/h5,9H,3-4H2,1-2H3,(H,18,19,20). The summed E-state index contributed by atoms with van der Waals surface area (Å²) in [7, 11) is 0. The van der Waals surface area contributed by atoms with Crippen molar-refractivity contribution in [2.24, 2.45) is 0 Å². The third-order valence-electron chi connectivity index (χ3n) is 2.20. The summed E-state index contributed by atoms with van der Waals surface area (Å²) in [6, 6.07) is 0.896. The van der Waals surface area contributed by atoms with Crippen LogP contribution in [-0.4, -0.2) is 35.0 Å². The Hall–Kier alpha value is -1.74. The van der Waals surface area contributed by atoms with E-state index >= 15 is 0 Å². The SMILES string of the molecule is CCCNc1cc(OC(C(F)(F)F)C(F)(F)F)nc(C)n1. The van der Waals surface area contributed by atoms with Gasteiger partial charge in [-0.15, -0.1) is 0 Å². The fourth-order valence-electron chi connectivity index (χ4n) is 1.38. The first kappa shape index (κ1) is 17.3. The maximum Gasteiger partial charge on any atom is 0.434 e. The van der Waals surface area contributed by atoms with Gasteiger partial charge in [0.1, 0.15) is 11.6 Å². The number of aryl methyl sites for hydroxylation is 1. The van der Waals surface area contributed by atoms with Gasteiger partial charge >= 0.3 is 12.4 Å². The quantitative estimate of drug-likeness (QED) is 0.845. The highest BCUT2D eigenvalue weighted by Gasteiger charge is 2.59. The Kier molecular flexibility index (Phi) is 5.24. The summed E-state index contributed by atoms with van der Waals surface area (Å²) in [5.41, 5.74) is 0. The maximum absolute atomic E-state index is 12.4. The van der Waals surface area contributed by atoms with Gasteiger partial charge in [0.25, 0.3) is 6.10 Å². The number of hydrogen-bond donors (Lipinski definition) is 1. The van der Waals surface area contributed by atoms with E-state index in [1.807, 2.05) is 6.92 Å². The zero-order valence-corrected chi connectivity index (χ0v) is 11.1. The number of anilines is 1. The first-order valence-corrected chi connectivity index (χ1v) is 5.93. The topological polar surface area (TPSA) is 47.0 Å². The highest BCUT2D eigenvalue weighted by atomic mass is 19.4. The highest BCUT2D eigenvalue weighted by molar-refractivity contribution is 5.38. The Bertz CT molecular complexity index is 460. The predicted octanol–water partition coefficient (Wildman–Crippen LogP) is 3.48. The summed E-state index contributed by atoms with van der Waals surface area (Å²) in [5, 5.41) is 2.73. The van der Waals surface area contributed by atoms with E-state index in [1.165, 1.54) is 6.92 Å². The minimum Gasteiger partial charge on any atom is -0.455 e. The Morgan fingerprint density at radius 2 is 1.71 bits per heavy atom. The fourth-order valence-corrected chi connectivity index (χ4v) is 1.38. The number of alkyl halides is 6. The number of nitrogens with one attached hydrogen (secondary N) is 1. The highest BCUT2D eigenvalue weighted by Crippen LogP contribution is 2.36. The Balaban J connectivity index is 3.01. The summed E-state index contributed by atoms with van der Waals surface area (Å²) in [4.78, 5) is 7.27. The minimum atomic E-state index is -5.59. The summed E-state index contributed by atoms with van der Waals surface area (Å²) in [6.07, 6.45) is -14.4. The summed E-state index contributed by atoms with van der Waals surface area (Å²) >= 11 is 0. The van der Waals surface area contributed by atoms with Gasteiger partial charge in [0.2, 0.25) is 5.88 Å². The van der Waals surface area contributed by atoms with Crippen LogP contribution in [0.3, 0.4) is 0 Å². The van der Waals surface area contributed by atoms with Crippen LogP contribution < -0.4 is 10.1 Å². The average Bonchev–Trinajstić information content (AvgIpc) is 2.30. The van der Waals surface area contributed by atoms with Crippen LogP contribution in [-0.2, 0) is 0 Å². The van der Waals surface area contributed by atoms with Crippen LogP contribution in [0.4, 0.5) is 32.2 Å². The molecule has 0 amide bonds. The average molecular weight is 317 g/mol. The second-order valence-corrected chi connectivity index (χ2v) is 4.15. The summed E-state index contributed by atoms with van der Waals surface area (Å²) in [6.45, 7) is 3.62. The zero-order chi connectivity index (χ0) is 16.3. The van der Waals surface area contributed by atoms with Crippen molar-refractivity contribution in [3.63, 3.8) is 0 Å². The molecule has 1 aromatic heterocycles. The molecule has 21 heavy (non-hydrogen) atoms. The number of hydrogen-bond acceptors (Lipinski definition) is 4.